The van der Waals surface area contributed by atoms with Gasteiger partial charge in [0.05, 0.1) is 17.6 Å². The Bertz CT molecular complexity index is 2390. The van der Waals surface area contributed by atoms with E-state index in [2.05, 4.69) is 39.8 Å². The number of imidazole rings is 1. The van der Waals surface area contributed by atoms with Crippen LogP contribution in [0.3, 0.4) is 0 Å². The lowest BCUT2D eigenvalue weighted by Gasteiger charge is -2.52. The van der Waals surface area contributed by atoms with Gasteiger partial charge in [-0.25, -0.2) is 14.4 Å². The topological polar surface area (TPSA) is 123 Å². The van der Waals surface area contributed by atoms with Crippen molar-refractivity contribution in [2.24, 2.45) is 11.3 Å². The van der Waals surface area contributed by atoms with E-state index in [0.29, 0.717) is 59.1 Å². The number of phenolic OH excluding ortho intramolecular Hbond substituents is 1. The highest BCUT2D eigenvalue weighted by Crippen LogP contribution is 2.49. The number of nitrogens with one attached hydrogen (secondary N) is 1. The molecule has 1 spiro atoms. The van der Waals surface area contributed by atoms with E-state index in [1.165, 1.54) is 0 Å². The maximum atomic E-state index is 17.8. The van der Waals surface area contributed by atoms with E-state index >= 15 is 4.39 Å². The van der Waals surface area contributed by atoms with Crippen LogP contribution in [0.4, 0.5) is 10.2 Å². The molecule has 2 bridgehead atoms. The Morgan fingerprint density at radius 1 is 1.09 bits per heavy atom. The van der Waals surface area contributed by atoms with Gasteiger partial charge in [0.25, 0.3) is 0 Å². The molecule has 7 heterocycles. The predicted octanol–water partition coefficient (Wildman–Crippen LogP) is 5.56. The molecule has 2 N–H and O–H groups in total. The van der Waals surface area contributed by atoms with Gasteiger partial charge in [-0.15, -0.1) is 0 Å². The van der Waals surface area contributed by atoms with Crippen LogP contribution >= 0.6 is 0 Å². The SMILES string of the molecule is CN(C)C1CN(c2nc3c(F)c(-c4cc(O)cc5ccccc45)c(CCC#N)cc3c3c2nc(CCC(=O)N2CC4(CCOCC4)C2)n3C2C3CNC2C3)C1. The highest BCUT2D eigenvalue weighted by Gasteiger charge is 2.50. The second kappa shape index (κ2) is 13.1. The molecule has 11 rings (SSSR count). The van der Waals surface area contributed by atoms with Crippen molar-refractivity contribution in [2.45, 2.75) is 63.1 Å². The lowest BCUT2D eigenvalue weighted by atomic mass is 9.73. The minimum atomic E-state index is -0.465. The van der Waals surface area contributed by atoms with Gasteiger partial charge in [0, 0.05) is 93.6 Å². The van der Waals surface area contributed by atoms with Gasteiger partial charge < -0.3 is 34.4 Å². The first-order valence-corrected chi connectivity index (χ1v) is 19.9. The van der Waals surface area contributed by atoms with Gasteiger partial charge in [-0.1, -0.05) is 24.3 Å². The second-order valence-corrected chi connectivity index (χ2v) is 16.9. The fourth-order valence-corrected chi connectivity index (χ4v) is 10.2. The van der Waals surface area contributed by atoms with E-state index in [4.69, 9.17) is 14.7 Å². The van der Waals surface area contributed by atoms with Crippen molar-refractivity contribution in [3.8, 4) is 22.9 Å². The first kappa shape index (κ1) is 34.6. The number of hydrogen-bond donors (Lipinski definition) is 2. The molecule has 11 nitrogen and oxygen atoms in total. The molecule has 1 aliphatic carbocycles. The number of nitriles is 1. The third-order valence-corrected chi connectivity index (χ3v) is 13.4. The third kappa shape index (κ3) is 5.57. The smallest absolute Gasteiger partial charge is 0.223 e. The first-order valence-electron chi connectivity index (χ1n) is 19.9. The number of aryl methyl sites for hydroxylation is 2. The maximum absolute atomic E-state index is 17.8. The molecule has 3 aromatic carbocycles. The monoisotopic (exact) mass is 742 g/mol. The van der Waals surface area contributed by atoms with Crippen LogP contribution in [0.2, 0.25) is 0 Å². The molecule has 1 amide bonds. The molecule has 6 fully saturated rings. The van der Waals surface area contributed by atoms with E-state index in [1.807, 2.05) is 35.2 Å². The number of benzene rings is 3. The van der Waals surface area contributed by atoms with Gasteiger partial charge in [-0.2, -0.15) is 5.26 Å². The van der Waals surface area contributed by atoms with Gasteiger partial charge in [0.1, 0.15) is 22.6 Å². The molecule has 5 aliphatic heterocycles. The first-order chi connectivity index (χ1) is 26.7. The number of phenols is 1. The van der Waals surface area contributed by atoms with E-state index in [0.717, 1.165) is 92.8 Å². The molecule has 5 aromatic rings. The highest BCUT2D eigenvalue weighted by atomic mass is 19.1. The summed E-state index contributed by atoms with van der Waals surface area (Å²) in [6.45, 7) is 5.53. The molecule has 2 aromatic heterocycles. The van der Waals surface area contributed by atoms with Crippen molar-refractivity contribution in [3.05, 3.63) is 59.7 Å². The summed E-state index contributed by atoms with van der Waals surface area (Å²) < 4.78 is 25.7. The van der Waals surface area contributed by atoms with Crippen molar-refractivity contribution in [3.63, 3.8) is 0 Å². The lowest BCUT2D eigenvalue weighted by molar-refractivity contribution is -0.150. The summed E-state index contributed by atoms with van der Waals surface area (Å²) in [6, 6.07) is 16.0. The summed E-state index contributed by atoms with van der Waals surface area (Å²) in [6.07, 6.45) is 4.46. The van der Waals surface area contributed by atoms with Crippen molar-refractivity contribution in [1.29, 1.82) is 5.26 Å². The third-order valence-electron chi connectivity index (χ3n) is 13.4. The number of fused-ring (bicyclic) bond motifs is 5. The summed E-state index contributed by atoms with van der Waals surface area (Å²) >= 11 is 0. The Morgan fingerprint density at radius 3 is 2.62 bits per heavy atom. The van der Waals surface area contributed by atoms with Crippen LogP contribution in [0, 0.1) is 28.5 Å². The van der Waals surface area contributed by atoms with Crippen LogP contribution in [-0.2, 0) is 22.4 Å². The summed E-state index contributed by atoms with van der Waals surface area (Å²) in [5.41, 5.74) is 3.68. The molecule has 5 saturated heterocycles. The van der Waals surface area contributed by atoms with Crippen LogP contribution in [0.5, 0.6) is 5.75 Å². The number of carbonyl (C=O) groups is 1. The molecular weight excluding hydrogens is 696 g/mol. The van der Waals surface area contributed by atoms with Gasteiger partial charge in [-0.3, -0.25) is 4.79 Å². The second-order valence-electron chi connectivity index (χ2n) is 16.9. The van der Waals surface area contributed by atoms with Gasteiger partial charge in [0.2, 0.25) is 5.91 Å². The van der Waals surface area contributed by atoms with Crippen LogP contribution in [-0.4, -0.2) is 107 Å². The van der Waals surface area contributed by atoms with Crippen LogP contribution in [0.15, 0.2) is 42.5 Å². The Hall–Kier alpha value is -4.83. The average molecular weight is 743 g/mol. The number of rotatable bonds is 9. The minimum absolute atomic E-state index is 0.0465. The van der Waals surface area contributed by atoms with Crippen molar-refractivity contribution in [1.82, 2.24) is 29.7 Å². The Labute approximate surface area is 319 Å². The van der Waals surface area contributed by atoms with Crippen LogP contribution in [0.25, 0.3) is 43.8 Å². The van der Waals surface area contributed by atoms with Crippen molar-refractivity contribution >= 4 is 44.4 Å². The molecule has 6 aliphatic rings. The summed E-state index contributed by atoms with van der Waals surface area (Å²) in [7, 11) is 4.15. The number of amides is 1. The quantitative estimate of drug-likeness (QED) is 0.200. The molecular formula is C43H47FN8O3. The number of carbonyl (C=O) groups excluding carboxylic acids is 1. The van der Waals surface area contributed by atoms with E-state index < -0.39 is 5.82 Å². The number of halogens is 1. The number of aromatic nitrogens is 3. The van der Waals surface area contributed by atoms with Gasteiger partial charge >= 0.3 is 0 Å². The van der Waals surface area contributed by atoms with E-state index in [1.54, 1.807) is 12.1 Å². The van der Waals surface area contributed by atoms with Gasteiger partial charge in [-0.05, 0) is 85.8 Å². The maximum Gasteiger partial charge on any atom is 0.223 e. The molecule has 3 atom stereocenters. The van der Waals surface area contributed by atoms with Crippen LogP contribution in [0.1, 0.15) is 49.5 Å². The number of anilines is 1. The molecule has 3 unspecified atom stereocenters. The molecule has 12 heteroatoms. The molecule has 55 heavy (non-hydrogen) atoms. The van der Waals surface area contributed by atoms with Gasteiger partial charge in [0.15, 0.2) is 11.6 Å². The molecule has 284 valence electrons. The van der Waals surface area contributed by atoms with Crippen molar-refractivity contribution in [2.75, 3.05) is 64.9 Å². The normalized spacial score (nSPS) is 23.1. The highest BCUT2D eigenvalue weighted by molar-refractivity contribution is 6.10. The summed E-state index contributed by atoms with van der Waals surface area (Å²) in [5.74, 6) is 1.65. The fraction of sp³-hybridized carbons (Fsp3) is 0.488. The fourth-order valence-electron chi connectivity index (χ4n) is 10.2. The summed E-state index contributed by atoms with van der Waals surface area (Å²) in [5, 5.41) is 26.6. The van der Waals surface area contributed by atoms with Crippen molar-refractivity contribution < 1.29 is 19.0 Å². The molecule has 0 radical (unpaired) electrons. The zero-order chi connectivity index (χ0) is 37.6. The molecule has 1 saturated carbocycles. The van der Waals surface area contributed by atoms with E-state index in [9.17, 15) is 15.2 Å². The number of hydrogen-bond acceptors (Lipinski definition) is 9. The zero-order valence-electron chi connectivity index (χ0n) is 31.5. The Kier molecular flexibility index (Phi) is 8.28. The zero-order valence-corrected chi connectivity index (χ0v) is 31.5. The predicted molar refractivity (Wildman–Crippen MR) is 210 cm³/mol. The average Bonchev–Trinajstić information content (AvgIpc) is 3.88. The Morgan fingerprint density at radius 2 is 1.89 bits per heavy atom. The largest absolute Gasteiger partial charge is 0.508 e. The summed E-state index contributed by atoms with van der Waals surface area (Å²) in [4.78, 5) is 30.6. The minimum Gasteiger partial charge on any atom is -0.508 e. The number of aromatic hydroxyl groups is 1. The number of pyridine rings is 1. The number of likely N-dealkylation sites (tertiary alicyclic amines) is 1. The standard InChI is InChI=1S/C43H47FN8O3/c1-49(2)28-21-50(22-28)42-39-41(32-17-26(7-5-13-45)36(37(44)38(32)48-42)31-19-29(53)16-25-6-3-4-8-30(25)31)52(40-27-18-33(40)46-20-27)34(47-39)9-10-35(54)51-23-43(24-51)11-14-55-15-12-43/h3-4,6,8,16-17,19,27-28,33,40,46,53H,5,7,9-12,14-15,18,20-24H2,1-2H3. The van der Waals surface area contributed by atoms with E-state index in [-0.39, 0.29) is 41.1 Å². The van der Waals surface area contributed by atoms with Crippen LogP contribution < -0.4 is 10.2 Å². The lowest BCUT2D eigenvalue weighted by Crippen LogP contribution is -2.60. The number of likely N-dealkylation sites (N-methyl/N-ethyl adjacent to an activating group) is 1. The number of nitrogens with zero attached hydrogens (tertiary/aromatic N) is 7. The Balaban J connectivity index is 1.15. The number of ether oxygens (including phenoxy) is 1.